The third kappa shape index (κ3) is 3.43. The zero-order valence-electron chi connectivity index (χ0n) is 13.6. The molecule has 6 nitrogen and oxygen atoms in total. The molecule has 0 atom stereocenters. The van der Waals surface area contributed by atoms with Gasteiger partial charge in [0.25, 0.3) is 0 Å². The van der Waals surface area contributed by atoms with E-state index in [4.69, 9.17) is 4.74 Å². The molecule has 3 aromatic rings. The zero-order chi connectivity index (χ0) is 16.9. The number of benzene rings is 2. The summed E-state index contributed by atoms with van der Waals surface area (Å²) in [6.07, 6.45) is 0. The van der Waals surface area contributed by atoms with E-state index in [-0.39, 0.29) is 11.6 Å². The first-order valence-corrected chi connectivity index (χ1v) is 7.70. The van der Waals surface area contributed by atoms with Crippen LogP contribution in [0.25, 0.3) is 5.69 Å². The number of nitrogens with zero attached hydrogens (tertiary/aromatic N) is 3. The van der Waals surface area contributed by atoms with Crippen LogP contribution in [0.2, 0.25) is 0 Å². The van der Waals surface area contributed by atoms with Crippen molar-refractivity contribution in [1.29, 1.82) is 0 Å². The van der Waals surface area contributed by atoms with Gasteiger partial charge in [-0.05, 0) is 50.2 Å². The van der Waals surface area contributed by atoms with Crippen LogP contribution in [-0.4, -0.2) is 21.1 Å². The second kappa shape index (κ2) is 6.95. The van der Waals surface area contributed by atoms with Crippen molar-refractivity contribution in [2.75, 3.05) is 11.9 Å². The number of hydrogen-bond donors (Lipinski definition) is 1. The zero-order valence-corrected chi connectivity index (χ0v) is 13.6. The smallest absolute Gasteiger partial charge is 0.356 e. The van der Waals surface area contributed by atoms with Gasteiger partial charge < -0.3 is 10.1 Å². The van der Waals surface area contributed by atoms with Gasteiger partial charge >= 0.3 is 5.69 Å². The molecular weight excluding hydrogens is 304 g/mol. The highest BCUT2D eigenvalue weighted by Crippen LogP contribution is 2.16. The van der Waals surface area contributed by atoms with Crippen molar-refractivity contribution >= 4 is 11.6 Å². The molecule has 0 spiro atoms. The Hall–Kier alpha value is -3.15. The van der Waals surface area contributed by atoms with Crippen LogP contribution in [0, 0.1) is 6.92 Å². The molecule has 122 valence electrons. The van der Waals surface area contributed by atoms with Crippen molar-refractivity contribution in [2.24, 2.45) is 0 Å². The van der Waals surface area contributed by atoms with Gasteiger partial charge in [0.2, 0.25) is 5.95 Å². The monoisotopic (exact) mass is 322 g/mol. The second-order valence-corrected chi connectivity index (χ2v) is 5.13. The Morgan fingerprint density at radius 2 is 1.75 bits per heavy atom. The van der Waals surface area contributed by atoms with E-state index in [0.29, 0.717) is 18.1 Å². The van der Waals surface area contributed by atoms with E-state index in [1.807, 2.05) is 61.5 Å². The van der Waals surface area contributed by atoms with E-state index in [1.54, 1.807) is 6.92 Å². The molecule has 0 unspecified atom stereocenters. The van der Waals surface area contributed by atoms with Crippen LogP contribution in [-0.2, 0) is 0 Å². The molecule has 0 saturated carbocycles. The second-order valence-electron chi connectivity index (χ2n) is 5.13. The van der Waals surface area contributed by atoms with Crippen molar-refractivity contribution in [3.8, 4) is 11.4 Å². The predicted molar refractivity (Wildman–Crippen MR) is 93.3 cm³/mol. The number of ether oxygens (including phenoxy) is 1. The summed E-state index contributed by atoms with van der Waals surface area (Å²) in [6.45, 7) is 4.30. The van der Waals surface area contributed by atoms with Gasteiger partial charge in [-0.15, -0.1) is 0 Å². The molecule has 0 amide bonds. The Balaban J connectivity index is 1.91. The lowest BCUT2D eigenvalue weighted by Gasteiger charge is -2.11. The summed E-state index contributed by atoms with van der Waals surface area (Å²) in [4.78, 5) is 20.8. The number of nitrogens with one attached hydrogen (secondary N) is 1. The number of rotatable bonds is 5. The highest BCUT2D eigenvalue weighted by atomic mass is 16.5. The van der Waals surface area contributed by atoms with Crippen LogP contribution in [0.1, 0.15) is 12.7 Å². The molecule has 0 saturated heterocycles. The Kier molecular flexibility index (Phi) is 4.56. The van der Waals surface area contributed by atoms with Gasteiger partial charge in [0.1, 0.15) is 11.6 Å². The topological polar surface area (TPSA) is 69.0 Å². The standard InChI is InChI=1S/C18H18N4O2/c1-3-24-16-11-9-15(10-12-16)22-13(2)19-17(21-18(22)23)20-14-7-5-4-6-8-14/h4-12H,3H2,1-2H3,(H,20,21,23). The van der Waals surface area contributed by atoms with Crippen LogP contribution in [0.5, 0.6) is 5.75 Å². The lowest BCUT2D eigenvalue weighted by atomic mass is 10.3. The summed E-state index contributed by atoms with van der Waals surface area (Å²) in [6, 6.07) is 16.8. The van der Waals surface area contributed by atoms with Gasteiger partial charge in [-0.25, -0.2) is 9.36 Å². The number of aromatic nitrogens is 3. The van der Waals surface area contributed by atoms with Gasteiger partial charge in [0.05, 0.1) is 12.3 Å². The molecule has 0 aliphatic heterocycles. The van der Waals surface area contributed by atoms with Crippen molar-refractivity contribution in [3.05, 3.63) is 70.9 Å². The minimum absolute atomic E-state index is 0.283. The molecule has 2 aromatic carbocycles. The molecule has 3 rings (SSSR count). The molecule has 24 heavy (non-hydrogen) atoms. The van der Waals surface area contributed by atoms with Crippen LogP contribution >= 0.6 is 0 Å². The van der Waals surface area contributed by atoms with E-state index in [9.17, 15) is 4.79 Å². The quantitative estimate of drug-likeness (QED) is 0.782. The summed E-state index contributed by atoms with van der Waals surface area (Å²) < 4.78 is 6.88. The maximum Gasteiger partial charge on any atom is 0.356 e. The van der Waals surface area contributed by atoms with Crippen LogP contribution in [0.3, 0.4) is 0 Å². The summed E-state index contributed by atoms with van der Waals surface area (Å²) in [5.41, 5.74) is 1.15. The van der Waals surface area contributed by atoms with Crippen LogP contribution in [0.4, 0.5) is 11.6 Å². The largest absolute Gasteiger partial charge is 0.494 e. The highest BCUT2D eigenvalue weighted by molar-refractivity contribution is 5.52. The molecule has 0 bridgehead atoms. The SMILES string of the molecule is CCOc1ccc(-n2c(C)nc(Nc3ccccc3)nc2=O)cc1. The van der Waals surface area contributed by atoms with Crippen LogP contribution < -0.4 is 15.7 Å². The minimum atomic E-state index is -0.384. The molecule has 0 fully saturated rings. The first-order valence-electron chi connectivity index (χ1n) is 7.70. The van der Waals surface area contributed by atoms with Crippen molar-refractivity contribution in [1.82, 2.24) is 14.5 Å². The molecule has 0 aliphatic carbocycles. The van der Waals surface area contributed by atoms with Gasteiger partial charge in [-0.1, -0.05) is 18.2 Å². The number of hydrogen-bond acceptors (Lipinski definition) is 5. The fourth-order valence-electron chi connectivity index (χ4n) is 2.37. The first kappa shape index (κ1) is 15.7. The highest BCUT2D eigenvalue weighted by Gasteiger charge is 2.09. The number of aryl methyl sites for hydroxylation is 1. The fourth-order valence-corrected chi connectivity index (χ4v) is 2.37. The Labute approximate surface area is 139 Å². The molecule has 6 heteroatoms. The molecular formula is C18H18N4O2. The maximum absolute atomic E-state index is 12.4. The van der Waals surface area contributed by atoms with Gasteiger partial charge in [0.15, 0.2) is 0 Å². The normalized spacial score (nSPS) is 10.4. The van der Waals surface area contributed by atoms with Gasteiger partial charge in [0, 0.05) is 5.69 Å². The van der Waals surface area contributed by atoms with E-state index in [2.05, 4.69) is 15.3 Å². The molecule has 0 aliphatic rings. The van der Waals surface area contributed by atoms with Crippen molar-refractivity contribution < 1.29 is 4.74 Å². The third-order valence-corrected chi connectivity index (χ3v) is 3.42. The van der Waals surface area contributed by atoms with E-state index in [0.717, 1.165) is 11.4 Å². The van der Waals surface area contributed by atoms with E-state index in [1.165, 1.54) is 4.57 Å². The molecule has 1 N–H and O–H groups in total. The average molecular weight is 322 g/mol. The summed E-state index contributed by atoms with van der Waals surface area (Å²) in [5, 5.41) is 3.03. The summed E-state index contributed by atoms with van der Waals surface area (Å²) in [7, 11) is 0. The molecule has 0 radical (unpaired) electrons. The van der Waals surface area contributed by atoms with Gasteiger partial charge in [-0.2, -0.15) is 9.97 Å². The van der Waals surface area contributed by atoms with E-state index >= 15 is 0 Å². The third-order valence-electron chi connectivity index (χ3n) is 3.42. The Morgan fingerprint density at radius 1 is 1.04 bits per heavy atom. The first-order chi connectivity index (χ1) is 11.7. The molecule has 1 heterocycles. The van der Waals surface area contributed by atoms with E-state index < -0.39 is 0 Å². The summed E-state index contributed by atoms with van der Waals surface area (Å²) >= 11 is 0. The maximum atomic E-state index is 12.4. The number of anilines is 2. The van der Waals surface area contributed by atoms with Crippen molar-refractivity contribution in [2.45, 2.75) is 13.8 Å². The Morgan fingerprint density at radius 3 is 2.38 bits per heavy atom. The van der Waals surface area contributed by atoms with Crippen LogP contribution in [0.15, 0.2) is 59.4 Å². The molecule has 1 aromatic heterocycles. The average Bonchev–Trinajstić information content (AvgIpc) is 2.57. The summed E-state index contributed by atoms with van der Waals surface area (Å²) in [5.74, 6) is 1.60. The number of para-hydroxylation sites is 1. The lowest BCUT2D eigenvalue weighted by Crippen LogP contribution is -2.26. The van der Waals surface area contributed by atoms with Crippen molar-refractivity contribution in [3.63, 3.8) is 0 Å². The Bertz CT molecular complexity index is 874. The van der Waals surface area contributed by atoms with Gasteiger partial charge in [-0.3, -0.25) is 0 Å². The fraction of sp³-hybridized carbons (Fsp3) is 0.167. The minimum Gasteiger partial charge on any atom is -0.494 e. The predicted octanol–water partition coefficient (Wildman–Crippen LogP) is 3.08. The lowest BCUT2D eigenvalue weighted by molar-refractivity contribution is 0.340.